The van der Waals surface area contributed by atoms with Crippen LogP contribution >= 0.6 is 11.8 Å². The Balaban J connectivity index is 0.00000176. The second-order valence-corrected chi connectivity index (χ2v) is 9.16. The highest BCUT2D eigenvalue weighted by molar-refractivity contribution is 8.13. The van der Waals surface area contributed by atoms with Crippen molar-refractivity contribution in [2.75, 3.05) is 32.7 Å². The minimum atomic E-state index is -4.46. The van der Waals surface area contributed by atoms with Gasteiger partial charge in [0.25, 0.3) is 5.91 Å². The highest BCUT2D eigenvalue weighted by atomic mass is 32.2. The van der Waals surface area contributed by atoms with Crippen LogP contribution in [0.1, 0.15) is 27.9 Å². The van der Waals surface area contributed by atoms with Gasteiger partial charge in [-0.2, -0.15) is 13.2 Å². The molecule has 0 aliphatic carbocycles. The molecule has 0 spiro atoms. The minimum absolute atomic E-state index is 0.000899. The number of halogens is 6. The summed E-state index contributed by atoms with van der Waals surface area (Å²) >= 11 is 1.32. The molecule has 2 unspecified atom stereocenters. The van der Waals surface area contributed by atoms with E-state index in [1.54, 1.807) is 30.3 Å². The van der Waals surface area contributed by atoms with Gasteiger partial charge in [0, 0.05) is 47.6 Å². The molecule has 2 aliphatic rings. The SMILES string of the molecule is CF.O=C(NC1=NC2(c3cc(CNCC(F)(F)F)c(F)cc3F)COCCC2CS1)c1ccccc1. The molecule has 0 radical (unpaired) electrons. The maximum atomic E-state index is 15.1. The van der Waals surface area contributed by atoms with Gasteiger partial charge in [0.15, 0.2) is 5.17 Å². The third-order valence-electron chi connectivity index (χ3n) is 5.83. The average Bonchev–Trinajstić information content (AvgIpc) is 2.86. The fraction of sp³-hybridized carbons (Fsp3) is 0.417. The monoisotopic (exact) mass is 533 g/mol. The number of nitrogens with zero attached hydrogens (tertiary/aromatic N) is 1. The van der Waals surface area contributed by atoms with Gasteiger partial charge in [0.1, 0.15) is 17.2 Å². The number of nitrogens with one attached hydrogen (secondary N) is 2. The molecule has 1 amide bonds. The second kappa shape index (κ2) is 12.1. The van der Waals surface area contributed by atoms with Gasteiger partial charge in [-0.05, 0) is 24.6 Å². The molecule has 0 bridgehead atoms. The molecule has 2 aliphatic heterocycles. The zero-order valence-corrected chi connectivity index (χ0v) is 20.1. The molecule has 1 fully saturated rings. The fourth-order valence-electron chi connectivity index (χ4n) is 4.13. The van der Waals surface area contributed by atoms with Crippen LogP contribution < -0.4 is 10.6 Å². The first-order valence-corrected chi connectivity index (χ1v) is 12.0. The number of amides is 1. The van der Waals surface area contributed by atoms with Crippen molar-refractivity contribution in [1.29, 1.82) is 0 Å². The lowest BCUT2D eigenvalue weighted by molar-refractivity contribution is -0.125. The van der Waals surface area contributed by atoms with Crippen molar-refractivity contribution >= 4 is 22.8 Å². The minimum Gasteiger partial charge on any atom is -0.379 e. The first-order chi connectivity index (χ1) is 17.2. The van der Waals surface area contributed by atoms with E-state index < -0.39 is 36.4 Å². The number of aliphatic imine (C=N–C) groups is 1. The van der Waals surface area contributed by atoms with Gasteiger partial charge in [-0.3, -0.25) is 9.18 Å². The number of fused-ring (bicyclic) bond motifs is 1. The van der Waals surface area contributed by atoms with E-state index in [4.69, 9.17) is 4.74 Å². The molecule has 196 valence electrons. The number of alkyl halides is 4. The first-order valence-electron chi connectivity index (χ1n) is 11.0. The zero-order chi connectivity index (χ0) is 26.3. The third-order valence-corrected chi connectivity index (χ3v) is 6.87. The number of benzene rings is 2. The molecular formula is C24H25F6N3O2S. The van der Waals surface area contributed by atoms with E-state index in [-0.39, 0.29) is 34.7 Å². The lowest BCUT2D eigenvalue weighted by Gasteiger charge is -2.44. The van der Waals surface area contributed by atoms with E-state index in [0.29, 0.717) is 37.6 Å². The highest BCUT2D eigenvalue weighted by Crippen LogP contribution is 2.46. The molecule has 0 aromatic heterocycles. The van der Waals surface area contributed by atoms with E-state index in [1.165, 1.54) is 17.8 Å². The van der Waals surface area contributed by atoms with E-state index >= 15 is 4.39 Å². The maximum absolute atomic E-state index is 15.1. The van der Waals surface area contributed by atoms with Crippen molar-refractivity contribution in [1.82, 2.24) is 10.6 Å². The topological polar surface area (TPSA) is 62.7 Å². The number of hydrogen-bond acceptors (Lipinski definition) is 5. The Labute approximate surface area is 208 Å². The van der Waals surface area contributed by atoms with Crippen LogP contribution in [-0.2, 0) is 16.8 Å². The number of rotatable bonds is 5. The summed E-state index contributed by atoms with van der Waals surface area (Å²) in [4.78, 5) is 17.3. The van der Waals surface area contributed by atoms with E-state index in [1.807, 2.05) is 0 Å². The van der Waals surface area contributed by atoms with Gasteiger partial charge < -0.3 is 15.4 Å². The predicted molar refractivity (Wildman–Crippen MR) is 126 cm³/mol. The lowest BCUT2D eigenvalue weighted by atomic mass is 9.76. The van der Waals surface area contributed by atoms with Crippen LogP contribution in [0, 0.1) is 17.6 Å². The van der Waals surface area contributed by atoms with Gasteiger partial charge in [0.2, 0.25) is 0 Å². The summed E-state index contributed by atoms with van der Waals surface area (Å²) in [6.07, 6.45) is -3.90. The number of carbonyl (C=O) groups is 1. The van der Waals surface area contributed by atoms with Gasteiger partial charge in [-0.1, -0.05) is 30.0 Å². The Morgan fingerprint density at radius 3 is 2.58 bits per heavy atom. The average molecular weight is 534 g/mol. The number of hydrogen-bond donors (Lipinski definition) is 2. The van der Waals surface area contributed by atoms with E-state index in [2.05, 4.69) is 15.6 Å². The number of thioether (sulfide) groups is 1. The lowest BCUT2D eigenvalue weighted by Crippen LogP contribution is -2.49. The van der Waals surface area contributed by atoms with Crippen molar-refractivity contribution in [3.63, 3.8) is 0 Å². The summed E-state index contributed by atoms with van der Waals surface area (Å²) in [6, 6.07) is 10.4. The van der Waals surface area contributed by atoms with Gasteiger partial charge >= 0.3 is 6.18 Å². The third kappa shape index (κ3) is 6.60. The normalized spacial score (nSPS) is 21.5. The molecule has 2 N–H and O–H groups in total. The molecule has 5 nitrogen and oxygen atoms in total. The standard InChI is InChI=1S/C23H22F5N3O2S.CH3F/c24-18-9-19(25)17(8-15(18)10-29-12-23(26,27)28)22-13-33-7-6-16(22)11-34-21(31-22)30-20(32)14-4-2-1-3-5-14;1-2/h1-5,8-9,16,29H,6-7,10-13H2,(H,30,31,32);1H3. The highest BCUT2D eigenvalue weighted by Gasteiger charge is 2.48. The fourth-order valence-corrected chi connectivity index (χ4v) is 5.32. The summed E-state index contributed by atoms with van der Waals surface area (Å²) in [6.45, 7) is -1.30. The molecule has 2 aromatic rings. The molecule has 36 heavy (non-hydrogen) atoms. The maximum Gasteiger partial charge on any atom is 0.401 e. The number of carbonyl (C=O) groups excluding carboxylic acids is 1. The zero-order valence-electron chi connectivity index (χ0n) is 19.3. The van der Waals surface area contributed by atoms with Crippen molar-refractivity contribution in [3.05, 3.63) is 70.8 Å². The second-order valence-electron chi connectivity index (χ2n) is 8.15. The summed E-state index contributed by atoms with van der Waals surface area (Å²) in [7, 11) is 0.500. The predicted octanol–water partition coefficient (Wildman–Crippen LogP) is 4.97. The Kier molecular flexibility index (Phi) is 9.42. The smallest absolute Gasteiger partial charge is 0.379 e. The number of ether oxygens (including phenoxy) is 1. The van der Waals surface area contributed by atoms with E-state index in [0.717, 1.165) is 0 Å². The Morgan fingerprint density at radius 1 is 1.17 bits per heavy atom. The summed E-state index contributed by atoms with van der Waals surface area (Å²) in [5, 5.41) is 5.16. The van der Waals surface area contributed by atoms with Crippen molar-refractivity contribution < 1.29 is 35.9 Å². The van der Waals surface area contributed by atoms with E-state index in [9.17, 15) is 26.7 Å². The largest absolute Gasteiger partial charge is 0.401 e. The first kappa shape index (κ1) is 28.0. The molecule has 1 saturated heterocycles. The van der Waals surface area contributed by atoms with Crippen LogP contribution in [0.3, 0.4) is 0 Å². The molecule has 12 heteroatoms. The van der Waals surface area contributed by atoms with Crippen LogP contribution in [0.5, 0.6) is 0 Å². The Bertz CT molecular complexity index is 1080. The molecule has 2 heterocycles. The molecule has 0 saturated carbocycles. The summed E-state index contributed by atoms with van der Waals surface area (Å²) in [5.41, 5.74) is -0.885. The van der Waals surface area contributed by atoms with Gasteiger partial charge in [-0.25, -0.2) is 13.8 Å². The Morgan fingerprint density at radius 2 is 1.89 bits per heavy atom. The number of amidine groups is 1. The van der Waals surface area contributed by atoms with Crippen LogP contribution in [0.4, 0.5) is 26.3 Å². The van der Waals surface area contributed by atoms with Crippen LogP contribution in [0.15, 0.2) is 47.5 Å². The summed E-state index contributed by atoms with van der Waals surface area (Å²) in [5.74, 6) is -1.85. The molecule has 4 rings (SSSR count). The Hall–Kier alpha value is -2.57. The van der Waals surface area contributed by atoms with Crippen LogP contribution in [-0.4, -0.2) is 49.9 Å². The summed E-state index contributed by atoms with van der Waals surface area (Å²) < 4.78 is 82.1. The van der Waals surface area contributed by atoms with Crippen LogP contribution in [0.25, 0.3) is 0 Å². The van der Waals surface area contributed by atoms with Crippen molar-refractivity contribution in [2.24, 2.45) is 10.9 Å². The van der Waals surface area contributed by atoms with Gasteiger partial charge in [-0.15, -0.1) is 0 Å². The quantitative estimate of drug-likeness (QED) is 0.533. The molecule has 2 aromatic carbocycles. The van der Waals surface area contributed by atoms with Gasteiger partial charge in [0.05, 0.1) is 20.3 Å². The van der Waals surface area contributed by atoms with Crippen molar-refractivity contribution in [3.8, 4) is 0 Å². The van der Waals surface area contributed by atoms with Crippen molar-refractivity contribution in [2.45, 2.75) is 24.7 Å². The molecule has 2 atom stereocenters. The molecular weight excluding hydrogens is 508 g/mol. The van der Waals surface area contributed by atoms with Crippen LogP contribution in [0.2, 0.25) is 0 Å².